The first-order chi connectivity index (χ1) is 11.0. The summed E-state index contributed by atoms with van der Waals surface area (Å²) in [6.07, 6.45) is 6.78. The molecule has 0 aliphatic carbocycles. The van der Waals surface area contributed by atoms with Crippen molar-refractivity contribution in [3.8, 4) is 0 Å². The summed E-state index contributed by atoms with van der Waals surface area (Å²) < 4.78 is 8.07. The molecule has 2 unspecified atom stereocenters. The standard InChI is InChI=1S/C20H41N2O/c1-7-9-11-19(10-8-2)18(5)16-21(6)20(17(3)4)22-12-14-23-15-13-22/h17-19H,7-16H2,1-6H3/q+1. The highest BCUT2D eigenvalue weighted by atomic mass is 16.5. The van der Waals surface area contributed by atoms with E-state index >= 15 is 0 Å². The maximum absolute atomic E-state index is 5.53. The van der Waals surface area contributed by atoms with E-state index in [1.807, 2.05) is 0 Å². The van der Waals surface area contributed by atoms with Gasteiger partial charge in [-0.15, -0.1) is 0 Å². The minimum absolute atomic E-state index is 0.575. The van der Waals surface area contributed by atoms with Crippen molar-refractivity contribution in [1.29, 1.82) is 0 Å². The zero-order chi connectivity index (χ0) is 17.2. The molecule has 2 atom stereocenters. The molecule has 0 aromatic carbocycles. The first-order valence-electron chi connectivity index (χ1n) is 9.91. The Bertz CT molecular complexity index is 344. The van der Waals surface area contributed by atoms with E-state index in [4.69, 9.17) is 4.74 Å². The highest BCUT2D eigenvalue weighted by molar-refractivity contribution is 5.79. The van der Waals surface area contributed by atoms with Gasteiger partial charge in [0.05, 0.1) is 32.7 Å². The van der Waals surface area contributed by atoms with Crippen molar-refractivity contribution in [2.24, 2.45) is 17.8 Å². The molecule has 23 heavy (non-hydrogen) atoms. The van der Waals surface area contributed by atoms with Gasteiger partial charge in [-0.2, -0.15) is 0 Å². The molecule has 0 amide bonds. The summed E-state index contributed by atoms with van der Waals surface area (Å²) in [4.78, 5) is 2.54. The van der Waals surface area contributed by atoms with Crippen LogP contribution in [0.1, 0.15) is 66.7 Å². The average Bonchev–Trinajstić information content (AvgIpc) is 2.52. The number of amidine groups is 1. The molecule has 1 aliphatic heterocycles. The van der Waals surface area contributed by atoms with Gasteiger partial charge in [-0.25, -0.2) is 0 Å². The number of rotatable bonds is 9. The number of nitrogens with zero attached hydrogens (tertiary/aromatic N) is 2. The lowest BCUT2D eigenvalue weighted by molar-refractivity contribution is -0.555. The third-order valence-corrected chi connectivity index (χ3v) is 5.20. The number of ether oxygens (including phenoxy) is 1. The highest BCUT2D eigenvalue weighted by Gasteiger charge is 2.28. The molecule has 1 rings (SSSR count). The molecule has 0 bridgehead atoms. The molecule has 0 aromatic heterocycles. The summed E-state index contributed by atoms with van der Waals surface area (Å²) in [7, 11) is 2.30. The van der Waals surface area contributed by atoms with Gasteiger partial charge in [0.25, 0.3) is 0 Å². The van der Waals surface area contributed by atoms with Crippen LogP contribution < -0.4 is 0 Å². The van der Waals surface area contributed by atoms with Crippen LogP contribution in [0.25, 0.3) is 0 Å². The molecule has 0 aromatic rings. The van der Waals surface area contributed by atoms with Gasteiger partial charge < -0.3 is 4.74 Å². The van der Waals surface area contributed by atoms with Gasteiger partial charge in [0.15, 0.2) is 0 Å². The molecule has 0 spiro atoms. The number of morpholine rings is 1. The quantitative estimate of drug-likeness (QED) is 0.465. The van der Waals surface area contributed by atoms with Gasteiger partial charge in [0.1, 0.15) is 13.1 Å². The first kappa shape index (κ1) is 20.5. The molecule has 1 aliphatic rings. The van der Waals surface area contributed by atoms with Crippen LogP contribution in [0.15, 0.2) is 0 Å². The maximum Gasteiger partial charge on any atom is 0.249 e. The number of unbranched alkanes of at least 4 members (excludes halogenated alkanes) is 1. The van der Waals surface area contributed by atoms with Crippen LogP contribution in [0.3, 0.4) is 0 Å². The van der Waals surface area contributed by atoms with Crippen LogP contribution in [0.5, 0.6) is 0 Å². The second-order valence-electron chi connectivity index (χ2n) is 7.66. The lowest BCUT2D eigenvalue weighted by atomic mass is 9.85. The summed E-state index contributed by atoms with van der Waals surface area (Å²) in [5.41, 5.74) is 0. The fourth-order valence-electron chi connectivity index (χ4n) is 4.06. The van der Waals surface area contributed by atoms with Crippen molar-refractivity contribution in [1.82, 2.24) is 4.90 Å². The third kappa shape index (κ3) is 6.82. The van der Waals surface area contributed by atoms with E-state index in [1.54, 1.807) is 0 Å². The Morgan fingerprint density at radius 3 is 2.22 bits per heavy atom. The topological polar surface area (TPSA) is 15.5 Å². The van der Waals surface area contributed by atoms with Gasteiger partial charge in [-0.3, -0.25) is 9.48 Å². The monoisotopic (exact) mass is 325 g/mol. The summed E-state index contributed by atoms with van der Waals surface area (Å²) in [5, 5.41) is 0. The SMILES string of the molecule is CCCCC(CCC)C(C)CN(C)C(C(C)C)=[N+]1CCOCC1. The molecule has 136 valence electrons. The lowest BCUT2D eigenvalue weighted by Gasteiger charge is -2.29. The Morgan fingerprint density at radius 2 is 1.70 bits per heavy atom. The molecule has 0 N–H and O–H groups in total. The van der Waals surface area contributed by atoms with Gasteiger partial charge in [0, 0.05) is 0 Å². The Kier molecular flexibility index (Phi) is 9.85. The van der Waals surface area contributed by atoms with Gasteiger partial charge in [0.2, 0.25) is 5.84 Å². The third-order valence-electron chi connectivity index (χ3n) is 5.20. The van der Waals surface area contributed by atoms with E-state index in [-0.39, 0.29) is 0 Å². The van der Waals surface area contributed by atoms with Crippen LogP contribution in [0.2, 0.25) is 0 Å². The normalized spacial score (nSPS) is 18.1. The molecule has 0 saturated carbocycles. The second-order valence-corrected chi connectivity index (χ2v) is 7.66. The Labute approximate surface area is 145 Å². The van der Waals surface area contributed by atoms with Crippen molar-refractivity contribution >= 4 is 5.84 Å². The van der Waals surface area contributed by atoms with Crippen LogP contribution in [0, 0.1) is 17.8 Å². The van der Waals surface area contributed by atoms with Gasteiger partial charge in [-0.05, 0) is 11.8 Å². The van der Waals surface area contributed by atoms with Crippen LogP contribution in [0.4, 0.5) is 0 Å². The maximum atomic E-state index is 5.53. The molecule has 3 heteroatoms. The Morgan fingerprint density at radius 1 is 1.04 bits per heavy atom. The Balaban J connectivity index is 2.73. The average molecular weight is 326 g/mol. The van der Waals surface area contributed by atoms with E-state index in [0.29, 0.717) is 5.92 Å². The summed E-state index contributed by atoms with van der Waals surface area (Å²) in [6.45, 7) is 16.8. The van der Waals surface area contributed by atoms with Crippen LogP contribution >= 0.6 is 0 Å². The smallest absolute Gasteiger partial charge is 0.249 e. The summed E-state index contributed by atoms with van der Waals surface area (Å²) in [5.74, 6) is 3.72. The van der Waals surface area contributed by atoms with Crippen molar-refractivity contribution in [3.63, 3.8) is 0 Å². The van der Waals surface area contributed by atoms with E-state index in [9.17, 15) is 0 Å². The van der Waals surface area contributed by atoms with Crippen molar-refractivity contribution in [2.45, 2.75) is 66.7 Å². The predicted octanol–water partition coefficient (Wildman–Crippen LogP) is 4.26. The molecular formula is C20H41N2O+. The summed E-state index contributed by atoms with van der Waals surface area (Å²) >= 11 is 0. The molecule has 0 radical (unpaired) electrons. The van der Waals surface area contributed by atoms with Crippen molar-refractivity contribution in [2.75, 3.05) is 39.9 Å². The highest BCUT2D eigenvalue weighted by Crippen LogP contribution is 2.25. The van der Waals surface area contributed by atoms with E-state index < -0.39 is 0 Å². The number of hydrogen-bond acceptors (Lipinski definition) is 1. The van der Waals surface area contributed by atoms with Gasteiger partial charge in [-0.1, -0.05) is 66.7 Å². The summed E-state index contributed by atoms with van der Waals surface area (Å²) in [6, 6.07) is 0. The largest absolute Gasteiger partial charge is 0.373 e. The molecule has 1 heterocycles. The minimum atomic E-state index is 0.575. The zero-order valence-electron chi connectivity index (χ0n) is 16.6. The van der Waals surface area contributed by atoms with Crippen LogP contribution in [-0.4, -0.2) is 55.2 Å². The fraction of sp³-hybridized carbons (Fsp3) is 0.950. The first-order valence-corrected chi connectivity index (χ1v) is 9.91. The predicted molar refractivity (Wildman–Crippen MR) is 100 cm³/mol. The van der Waals surface area contributed by atoms with Gasteiger partial charge >= 0.3 is 0 Å². The molecular weight excluding hydrogens is 284 g/mol. The fourth-order valence-corrected chi connectivity index (χ4v) is 4.06. The molecule has 1 saturated heterocycles. The van der Waals surface area contributed by atoms with Crippen molar-refractivity contribution < 1.29 is 9.31 Å². The zero-order valence-corrected chi connectivity index (χ0v) is 16.6. The molecule has 1 fully saturated rings. The Hall–Kier alpha value is -0.570. The number of hydrogen-bond donors (Lipinski definition) is 0. The van der Waals surface area contributed by atoms with E-state index in [0.717, 1.165) is 38.1 Å². The molecule has 3 nitrogen and oxygen atoms in total. The second kappa shape index (κ2) is 11.1. The van der Waals surface area contributed by atoms with E-state index in [1.165, 1.54) is 44.5 Å². The minimum Gasteiger partial charge on any atom is -0.373 e. The van der Waals surface area contributed by atoms with Crippen molar-refractivity contribution in [3.05, 3.63) is 0 Å². The van der Waals surface area contributed by atoms with Crippen LogP contribution in [-0.2, 0) is 4.74 Å². The van der Waals surface area contributed by atoms with E-state index in [2.05, 4.69) is 51.1 Å². The lowest BCUT2D eigenvalue weighted by Crippen LogP contribution is -2.45.